The van der Waals surface area contributed by atoms with Crippen LogP contribution < -0.4 is 18.9 Å². The van der Waals surface area contributed by atoms with Crippen molar-refractivity contribution in [3.8, 4) is 23.0 Å². The van der Waals surface area contributed by atoms with Gasteiger partial charge < -0.3 is 23.5 Å². The zero-order valence-electron chi connectivity index (χ0n) is 18.4. The average Bonchev–Trinajstić information content (AvgIpc) is 3.11. The maximum atomic E-state index is 6.14. The summed E-state index contributed by atoms with van der Waals surface area (Å²) in [4.78, 5) is 2.33. The minimum Gasteiger partial charge on any atom is -0.493 e. The molecule has 0 fully saturated rings. The highest BCUT2D eigenvalue weighted by Crippen LogP contribution is 2.36. The number of benzene rings is 2. The predicted molar refractivity (Wildman–Crippen MR) is 121 cm³/mol. The molecule has 0 amide bonds. The maximum absolute atomic E-state index is 6.14. The molecule has 8 nitrogen and oxygen atoms in total. The first-order valence-electron chi connectivity index (χ1n) is 10.6. The molecule has 0 saturated heterocycles. The van der Waals surface area contributed by atoms with Gasteiger partial charge >= 0.3 is 0 Å². The number of hydrogen-bond acceptors (Lipinski definition) is 7. The molecule has 0 N–H and O–H groups in total. The lowest BCUT2D eigenvalue weighted by Gasteiger charge is -2.29. The Kier molecular flexibility index (Phi) is 5.52. The molecule has 0 saturated carbocycles. The average molecular weight is 455 g/mol. The summed E-state index contributed by atoms with van der Waals surface area (Å²) in [5.41, 5.74) is 2.52. The number of ether oxygens (including phenoxy) is 4. The smallest absolute Gasteiger partial charge is 0.198 e. The Morgan fingerprint density at radius 2 is 1.81 bits per heavy atom. The highest BCUT2D eigenvalue weighted by atomic mass is 32.1. The van der Waals surface area contributed by atoms with Crippen molar-refractivity contribution in [3.05, 3.63) is 58.1 Å². The van der Waals surface area contributed by atoms with E-state index in [1.165, 1.54) is 11.1 Å². The van der Waals surface area contributed by atoms with E-state index in [1.807, 2.05) is 40.6 Å². The fourth-order valence-electron chi connectivity index (χ4n) is 4.28. The van der Waals surface area contributed by atoms with Gasteiger partial charge in [-0.1, -0.05) is 12.1 Å². The maximum Gasteiger partial charge on any atom is 0.198 e. The van der Waals surface area contributed by atoms with E-state index < -0.39 is 0 Å². The zero-order valence-corrected chi connectivity index (χ0v) is 19.2. The lowest BCUT2D eigenvalue weighted by Crippen LogP contribution is -2.33. The second-order valence-electron chi connectivity index (χ2n) is 7.98. The molecule has 0 radical (unpaired) electrons. The summed E-state index contributed by atoms with van der Waals surface area (Å²) in [6.07, 6.45) is 0.621. The second-order valence-corrected chi connectivity index (χ2v) is 8.35. The molecule has 9 heteroatoms. The van der Waals surface area contributed by atoms with Crippen molar-refractivity contribution in [1.82, 2.24) is 19.2 Å². The van der Waals surface area contributed by atoms with Crippen molar-refractivity contribution in [2.24, 2.45) is 7.05 Å². The Morgan fingerprint density at radius 1 is 1.09 bits per heavy atom. The fourth-order valence-corrected chi connectivity index (χ4v) is 4.47. The van der Waals surface area contributed by atoms with Crippen molar-refractivity contribution < 1.29 is 18.9 Å². The minimum atomic E-state index is -0.309. The molecule has 2 aliphatic rings. The van der Waals surface area contributed by atoms with Crippen LogP contribution in [0.15, 0.2) is 36.4 Å². The third-order valence-corrected chi connectivity index (χ3v) is 6.49. The van der Waals surface area contributed by atoms with Gasteiger partial charge in [0.2, 0.25) is 0 Å². The van der Waals surface area contributed by atoms with Crippen LogP contribution in [-0.4, -0.2) is 46.6 Å². The molecule has 1 aromatic heterocycles. The molecule has 0 spiro atoms. The highest BCUT2D eigenvalue weighted by Gasteiger charge is 2.28. The molecule has 32 heavy (non-hydrogen) atoms. The van der Waals surface area contributed by atoms with E-state index in [1.54, 1.807) is 14.2 Å². The van der Waals surface area contributed by atoms with Crippen LogP contribution in [0.5, 0.6) is 23.0 Å². The number of aromatic nitrogens is 3. The summed E-state index contributed by atoms with van der Waals surface area (Å²) in [6.45, 7) is 2.70. The van der Waals surface area contributed by atoms with Gasteiger partial charge in [0, 0.05) is 20.1 Å². The van der Waals surface area contributed by atoms with Gasteiger partial charge in [-0.25, -0.2) is 4.68 Å². The third-order valence-electron chi connectivity index (χ3n) is 6.00. The molecule has 0 aliphatic carbocycles. The summed E-state index contributed by atoms with van der Waals surface area (Å²) in [7, 11) is 5.25. The van der Waals surface area contributed by atoms with Gasteiger partial charge in [-0.2, -0.15) is 5.10 Å². The summed E-state index contributed by atoms with van der Waals surface area (Å²) in [6, 6.07) is 11.8. The first kappa shape index (κ1) is 20.8. The molecular formula is C23H26N4O4S. The summed E-state index contributed by atoms with van der Waals surface area (Å²) in [5, 5.41) is 4.80. The zero-order chi connectivity index (χ0) is 22.2. The number of nitrogens with zero attached hydrogens (tertiary/aromatic N) is 4. The van der Waals surface area contributed by atoms with E-state index in [0.29, 0.717) is 18.0 Å². The lowest BCUT2D eigenvalue weighted by molar-refractivity contribution is 0.0819. The van der Waals surface area contributed by atoms with E-state index in [0.717, 1.165) is 48.3 Å². The van der Waals surface area contributed by atoms with Gasteiger partial charge in [-0.15, -0.1) is 0 Å². The summed E-state index contributed by atoms with van der Waals surface area (Å²) < 4.78 is 27.4. The number of para-hydroxylation sites is 2. The number of fused-ring (bicyclic) bond motifs is 2. The van der Waals surface area contributed by atoms with E-state index in [4.69, 9.17) is 36.3 Å². The first-order valence-corrected chi connectivity index (χ1v) is 11.0. The largest absolute Gasteiger partial charge is 0.493 e. The molecule has 5 rings (SSSR count). The van der Waals surface area contributed by atoms with Crippen LogP contribution in [0.4, 0.5) is 0 Å². The number of rotatable bonds is 5. The SMILES string of the molecule is COc1cc2c(cc1OC)CN(Cn1nc(C3COc4ccccc4O3)n(C)c1=S)CC2. The van der Waals surface area contributed by atoms with Gasteiger partial charge in [0.15, 0.2) is 39.7 Å². The molecule has 1 atom stereocenters. The molecule has 1 unspecified atom stereocenters. The normalized spacial score (nSPS) is 17.7. The van der Waals surface area contributed by atoms with Gasteiger partial charge in [0.25, 0.3) is 0 Å². The van der Waals surface area contributed by atoms with Crippen LogP contribution in [-0.2, 0) is 26.7 Å². The van der Waals surface area contributed by atoms with Crippen LogP contribution in [0.25, 0.3) is 0 Å². The Bertz CT molecular complexity index is 1210. The third kappa shape index (κ3) is 3.71. The Balaban J connectivity index is 1.35. The second kappa shape index (κ2) is 8.48. The van der Waals surface area contributed by atoms with Crippen LogP contribution in [0.2, 0.25) is 0 Å². The van der Waals surface area contributed by atoms with Gasteiger partial charge in [0.05, 0.1) is 20.9 Å². The molecule has 2 aromatic carbocycles. The quantitative estimate of drug-likeness (QED) is 0.547. The van der Waals surface area contributed by atoms with Crippen LogP contribution >= 0.6 is 12.2 Å². The Morgan fingerprint density at radius 3 is 2.56 bits per heavy atom. The van der Waals surface area contributed by atoms with Gasteiger partial charge in [0.1, 0.15) is 6.61 Å². The van der Waals surface area contributed by atoms with Gasteiger partial charge in [-0.05, 0) is 54.0 Å². The van der Waals surface area contributed by atoms with Crippen LogP contribution in [0.3, 0.4) is 0 Å². The number of methoxy groups -OCH3 is 2. The van der Waals surface area contributed by atoms with Gasteiger partial charge in [-0.3, -0.25) is 4.90 Å². The Hall–Kier alpha value is -3.04. The fraction of sp³-hybridized carbons (Fsp3) is 0.391. The van der Waals surface area contributed by atoms with Crippen molar-refractivity contribution >= 4 is 12.2 Å². The molecule has 168 valence electrons. The first-order chi connectivity index (χ1) is 15.6. The molecular weight excluding hydrogens is 428 g/mol. The molecule has 3 aromatic rings. The molecule has 3 heterocycles. The van der Waals surface area contributed by atoms with E-state index in [-0.39, 0.29) is 6.10 Å². The molecule has 2 aliphatic heterocycles. The monoisotopic (exact) mass is 454 g/mol. The van der Waals surface area contributed by atoms with Crippen molar-refractivity contribution in [3.63, 3.8) is 0 Å². The lowest BCUT2D eigenvalue weighted by atomic mass is 9.99. The predicted octanol–water partition coefficient (Wildman–Crippen LogP) is 3.50. The molecule has 0 bridgehead atoms. The van der Waals surface area contributed by atoms with Crippen LogP contribution in [0, 0.1) is 4.77 Å². The van der Waals surface area contributed by atoms with E-state index >= 15 is 0 Å². The van der Waals surface area contributed by atoms with Crippen LogP contribution in [0.1, 0.15) is 23.1 Å². The minimum absolute atomic E-state index is 0.309. The number of hydrogen-bond donors (Lipinski definition) is 0. The summed E-state index contributed by atoms with van der Waals surface area (Å²) >= 11 is 5.68. The van der Waals surface area contributed by atoms with Crippen molar-refractivity contribution in [2.75, 3.05) is 27.4 Å². The van der Waals surface area contributed by atoms with E-state index in [9.17, 15) is 0 Å². The van der Waals surface area contributed by atoms with E-state index in [2.05, 4.69) is 17.0 Å². The summed E-state index contributed by atoms with van der Waals surface area (Å²) in [5.74, 6) is 3.75. The highest BCUT2D eigenvalue weighted by molar-refractivity contribution is 7.71. The Labute approximate surface area is 191 Å². The standard InChI is InChI=1S/C23H26N4O4S/c1-25-22(21-13-30-17-6-4-5-7-18(17)31-21)24-27(23(25)32)14-26-9-8-15-10-19(28-2)20(29-3)11-16(15)12-26/h4-7,10-11,21H,8-9,12-14H2,1-3H3. The van der Waals surface area contributed by atoms with Crippen molar-refractivity contribution in [2.45, 2.75) is 25.7 Å². The topological polar surface area (TPSA) is 62.9 Å². The van der Waals surface area contributed by atoms with Crippen molar-refractivity contribution in [1.29, 1.82) is 0 Å².